The summed E-state index contributed by atoms with van der Waals surface area (Å²) in [4.78, 5) is 10.7. The second-order valence-electron chi connectivity index (χ2n) is 4.65. The molecule has 0 aliphatic carbocycles. The quantitative estimate of drug-likeness (QED) is 0.436. The van der Waals surface area contributed by atoms with Crippen molar-refractivity contribution in [3.63, 3.8) is 0 Å². The zero-order valence-corrected chi connectivity index (χ0v) is 10.6. The molecule has 0 N–H and O–H groups in total. The first-order valence-electron chi connectivity index (χ1n) is 5.35. The van der Waals surface area contributed by atoms with Gasteiger partial charge >= 0.3 is 0 Å². The van der Waals surface area contributed by atoms with Crippen molar-refractivity contribution in [2.24, 2.45) is 0 Å². The average Bonchev–Trinajstić information content (AvgIpc) is 2.28. The Bertz CT molecular complexity index is 317. The molecule has 0 unspecified atom stereocenters. The standard InChI is InChI=1S/C13H20O3/c1-12(2,11-9-7-6-8-10-11)15-16-13(3,4)14-5/h6-10H,1-5H3. The lowest BCUT2D eigenvalue weighted by molar-refractivity contribution is -0.452. The maximum Gasteiger partial charge on any atom is 0.195 e. The molecule has 16 heavy (non-hydrogen) atoms. The summed E-state index contributed by atoms with van der Waals surface area (Å²) in [6.07, 6.45) is 0. The highest BCUT2D eigenvalue weighted by Crippen LogP contribution is 2.26. The topological polar surface area (TPSA) is 27.7 Å². The molecule has 0 saturated heterocycles. The SMILES string of the molecule is COC(C)(C)OOC(C)(C)c1ccccc1. The van der Waals surface area contributed by atoms with Crippen LogP contribution in [0.2, 0.25) is 0 Å². The maximum atomic E-state index is 5.45. The third-order valence-electron chi connectivity index (χ3n) is 2.41. The Balaban J connectivity index is 2.66. The summed E-state index contributed by atoms with van der Waals surface area (Å²) in [6.45, 7) is 7.50. The van der Waals surface area contributed by atoms with Gasteiger partial charge in [0.15, 0.2) is 5.79 Å². The summed E-state index contributed by atoms with van der Waals surface area (Å²) >= 11 is 0. The Morgan fingerprint density at radius 2 is 1.44 bits per heavy atom. The Labute approximate surface area is 97.3 Å². The minimum absolute atomic E-state index is 0.503. The third-order valence-corrected chi connectivity index (χ3v) is 2.41. The normalized spacial score (nSPS) is 12.8. The van der Waals surface area contributed by atoms with Crippen LogP contribution in [0, 0.1) is 0 Å². The van der Waals surface area contributed by atoms with Crippen LogP contribution in [0.15, 0.2) is 30.3 Å². The van der Waals surface area contributed by atoms with Gasteiger partial charge in [-0.05, 0) is 33.3 Å². The largest absolute Gasteiger partial charge is 0.351 e. The molecule has 0 amide bonds. The molecule has 0 aliphatic rings. The molecular formula is C13H20O3. The third kappa shape index (κ3) is 3.59. The molecular weight excluding hydrogens is 204 g/mol. The van der Waals surface area contributed by atoms with Crippen LogP contribution in [0.4, 0.5) is 0 Å². The molecule has 0 fully saturated rings. The monoisotopic (exact) mass is 224 g/mol. The zero-order valence-electron chi connectivity index (χ0n) is 10.6. The van der Waals surface area contributed by atoms with E-state index in [0.717, 1.165) is 5.56 Å². The van der Waals surface area contributed by atoms with Gasteiger partial charge in [0.05, 0.1) is 0 Å². The minimum atomic E-state index is -0.744. The Hall–Kier alpha value is -0.900. The lowest BCUT2D eigenvalue weighted by atomic mass is 9.99. The van der Waals surface area contributed by atoms with E-state index in [1.807, 2.05) is 44.2 Å². The van der Waals surface area contributed by atoms with Crippen molar-refractivity contribution < 1.29 is 14.5 Å². The van der Waals surface area contributed by atoms with E-state index in [2.05, 4.69) is 0 Å². The predicted molar refractivity (Wildman–Crippen MR) is 62.7 cm³/mol. The van der Waals surface area contributed by atoms with Gasteiger partial charge in [0, 0.05) is 7.11 Å². The van der Waals surface area contributed by atoms with Crippen molar-refractivity contribution >= 4 is 0 Å². The summed E-state index contributed by atoms with van der Waals surface area (Å²) in [5, 5.41) is 0. The summed E-state index contributed by atoms with van der Waals surface area (Å²) in [6, 6.07) is 9.93. The van der Waals surface area contributed by atoms with Crippen molar-refractivity contribution in [3.05, 3.63) is 35.9 Å². The van der Waals surface area contributed by atoms with Crippen molar-refractivity contribution in [3.8, 4) is 0 Å². The molecule has 3 nitrogen and oxygen atoms in total. The molecule has 90 valence electrons. The molecule has 0 atom stereocenters. The number of methoxy groups -OCH3 is 1. The summed E-state index contributed by atoms with van der Waals surface area (Å²) in [7, 11) is 1.58. The fourth-order valence-corrected chi connectivity index (χ4v) is 1.13. The Morgan fingerprint density at radius 3 is 1.94 bits per heavy atom. The molecule has 1 aromatic rings. The van der Waals surface area contributed by atoms with E-state index in [9.17, 15) is 0 Å². The molecule has 1 rings (SSSR count). The minimum Gasteiger partial charge on any atom is -0.351 e. The molecule has 1 aromatic carbocycles. The molecule has 0 aliphatic heterocycles. The highest BCUT2D eigenvalue weighted by Gasteiger charge is 2.27. The van der Waals surface area contributed by atoms with E-state index in [4.69, 9.17) is 14.5 Å². The van der Waals surface area contributed by atoms with Crippen LogP contribution in [0.3, 0.4) is 0 Å². The van der Waals surface area contributed by atoms with E-state index >= 15 is 0 Å². The van der Waals surface area contributed by atoms with Gasteiger partial charge in [-0.3, -0.25) is 0 Å². The number of hydrogen-bond acceptors (Lipinski definition) is 3. The molecule has 0 aromatic heterocycles. The number of hydrogen-bond donors (Lipinski definition) is 0. The van der Waals surface area contributed by atoms with E-state index in [0.29, 0.717) is 0 Å². The van der Waals surface area contributed by atoms with Gasteiger partial charge in [-0.25, -0.2) is 9.78 Å². The van der Waals surface area contributed by atoms with Gasteiger partial charge in [-0.2, -0.15) is 0 Å². The van der Waals surface area contributed by atoms with E-state index in [1.165, 1.54) is 0 Å². The van der Waals surface area contributed by atoms with Crippen molar-refractivity contribution in [2.75, 3.05) is 7.11 Å². The van der Waals surface area contributed by atoms with Crippen LogP contribution in [-0.2, 0) is 20.1 Å². The molecule has 3 heteroatoms. The smallest absolute Gasteiger partial charge is 0.195 e. The molecule has 0 spiro atoms. The summed E-state index contributed by atoms with van der Waals surface area (Å²) < 4.78 is 5.12. The molecule has 0 radical (unpaired) electrons. The average molecular weight is 224 g/mol. The van der Waals surface area contributed by atoms with Gasteiger partial charge in [-0.1, -0.05) is 30.3 Å². The number of ether oxygens (including phenoxy) is 1. The molecule has 0 saturated carbocycles. The van der Waals surface area contributed by atoms with Crippen LogP contribution in [0.5, 0.6) is 0 Å². The fourth-order valence-electron chi connectivity index (χ4n) is 1.13. The maximum absolute atomic E-state index is 5.45. The lowest BCUT2D eigenvalue weighted by Gasteiger charge is -2.29. The van der Waals surface area contributed by atoms with Gasteiger partial charge in [0.1, 0.15) is 5.60 Å². The van der Waals surface area contributed by atoms with Crippen molar-refractivity contribution in [2.45, 2.75) is 39.1 Å². The Morgan fingerprint density at radius 1 is 0.875 bits per heavy atom. The second-order valence-corrected chi connectivity index (χ2v) is 4.65. The highest BCUT2D eigenvalue weighted by molar-refractivity contribution is 5.20. The van der Waals surface area contributed by atoms with Crippen LogP contribution < -0.4 is 0 Å². The zero-order chi connectivity index (χ0) is 12.2. The summed E-state index contributed by atoms with van der Waals surface area (Å²) in [5.74, 6) is -0.744. The number of benzene rings is 1. The van der Waals surface area contributed by atoms with Crippen LogP contribution >= 0.6 is 0 Å². The van der Waals surface area contributed by atoms with Gasteiger partial charge in [0.25, 0.3) is 0 Å². The van der Waals surface area contributed by atoms with E-state index < -0.39 is 11.4 Å². The molecule has 0 bridgehead atoms. The highest BCUT2D eigenvalue weighted by atomic mass is 17.2. The first-order chi connectivity index (χ1) is 7.37. The lowest BCUT2D eigenvalue weighted by Crippen LogP contribution is -2.32. The second kappa shape index (κ2) is 4.95. The first kappa shape index (κ1) is 13.2. The molecule has 0 heterocycles. The number of rotatable bonds is 5. The van der Waals surface area contributed by atoms with E-state index in [-0.39, 0.29) is 0 Å². The van der Waals surface area contributed by atoms with Crippen LogP contribution in [-0.4, -0.2) is 12.9 Å². The van der Waals surface area contributed by atoms with Gasteiger partial charge < -0.3 is 4.74 Å². The summed E-state index contributed by atoms with van der Waals surface area (Å²) in [5.41, 5.74) is 0.554. The first-order valence-corrected chi connectivity index (χ1v) is 5.35. The van der Waals surface area contributed by atoms with Gasteiger partial charge in [0.2, 0.25) is 0 Å². The van der Waals surface area contributed by atoms with E-state index in [1.54, 1.807) is 21.0 Å². The van der Waals surface area contributed by atoms with Crippen molar-refractivity contribution in [1.29, 1.82) is 0 Å². The Kier molecular flexibility index (Phi) is 4.08. The fraction of sp³-hybridized carbons (Fsp3) is 0.538. The van der Waals surface area contributed by atoms with Gasteiger partial charge in [-0.15, -0.1) is 0 Å². The van der Waals surface area contributed by atoms with Crippen molar-refractivity contribution in [1.82, 2.24) is 0 Å². The predicted octanol–water partition coefficient (Wildman–Crippen LogP) is 3.25. The van der Waals surface area contributed by atoms with Crippen LogP contribution in [0.25, 0.3) is 0 Å². The van der Waals surface area contributed by atoms with Crippen LogP contribution in [0.1, 0.15) is 33.3 Å².